The van der Waals surface area contributed by atoms with Gasteiger partial charge in [0, 0.05) is 37.1 Å². The quantitative estimate of drug-likeness (QED) is 0.786. The van der Waals surface area contributed by atoms with Gasteiger partial charge >= 0.3 is 0 Å². The van der Waals surface area contributed by atoms with Gasteiger partial charge in [0.25, 0.3) is 5.91 Å². The maximum absolute atomic E-state index is 12.8. The largest absolute Gasteiger partial charge is 0.337 e. The van der Waals surface area contributed by atoms with Crippen molar-refractivity contribution in [1.82, 2.24) is 24.5 Å². The summed E-state index contributed by atoms with van der Waals surface area (Å²) in [6, 6.07) is 7.77. The number of hydrogen-bond acceptors (Lipinski definition) is 3. The minimum absolute atomic E-state index is 0.0169. The number of aryl methyl sites for hydroxylation is 1. The van der Waals surface area contributed by atoms with Crippen molar-refractivity contribution in [2.45, 2.75) is 19.3 Å². The predicted octanol–water partition coefficient (Wildman–Crippen LogP) is 2.00. The van der Waals surface area contributed by atoms with Crippen LogP contribution >= 0.6 is 0 Å². The van der Waals surface area contributed by atoms with E-state index < -0.39 is 0 Å². The highest BCUT2D eigenvalue weighted by Gasteiger charge is 2.30. The van der Waals surface area contributed by atoms with Crippen LogP contribution in [0, 0.1) is 6.92 Å². The molecule has 0 bridgehead atoms. The highest BCUT2D eigenvalue weighted by Crippen LogP contribution is 2.27. The number of nitrogens with one attached hydrogen (secondary N) is 1. The Morgan fingerprint density at radius 2 is 2.27 bits per heavy atom. The van der Waals surface area contributed by atoms with Crippen molar-refractivity contribution >= 4 is 11.6 Å². The van der Waals surface area contributed by atoms with Crippen LogP contribution in [0.2, 0.25) is 0 Å². The summed E-state index contributed by atoms with van der Waals surface area (Å²) < 4.78 is 1.95. The number of amides is 1. The predicted molar refractivity (Wildman–Crippen MR) is 81.8 cm³/mol. The van der Waals surface area contributed by atoms with E-state index in [1.54, 1.807) is 6.20 Å². The molecule has 1 aliphatic rings. The fraction of sp³-hybridized carbons (Fsp3) is 0.312. The SMILES string of the molecule is Cc1c(C(=O)N2CCC(c3ccn[nH]3)C2)nc2ccccn12. The van der Waals surface area contributed by atoms with Crippen molar-refractivity contribution in [1.29, 1.82) is 0 Å². The summed E-state index contributed by atoms with van der Waals surface area (Å²) in [6.45, 7) is 3.42. The molecule has 4 heterocycles. The molecule has 22 heavy (non-hydrogen) atoms. The number of carbonyl (C=O) groups excluding carboxylic acids is 1. The number of hydrogen-bond donors (Lipinski definition) is 1. The molecule has 6 heteroatoms. The monoisotopic (exact) mass is 295 g/mol. The molecule has 6 nitrogen and oxygen atoms in total. The number of pyridine rings is 1. The highest BCUT2D eigenvalue weighted by molar-refractivity contribution is 5.94. The molecular formula is C16H17N5O. The van der Waals surface area contributed by atoms with Gasteiger partial charge in [-0.1, -0.05) is 6.07 Å². The second kappa shape index (κ2) is 4.98. The van der Waals surface area contributed by atoms with Crippen LogP contribution in [0.3, 0.4) is 0 Å². The molecule has 1 aliphatic heterocycles. The Kier molecular flexibility index (Phi) is 2.96. The zero-order chi connectivity index (χ0) is 15.1. The fourth-order valence-corrected chi connectivity index (χ4v) is 3.16. The number of carbonyl (C=O) groups is 1. The first-order valence-electron chi connectivity index (χ1n) is 7.46. The molecule has 0 saturated carbocycles. The number of rotatable bonds is 2. The molecule has 1 saturated heterocycles. The van der Waals surface area contributed by atoms with Crippen LogP contribution in [0.25, 0.3) is 5.65 Å². The van der Waals surface area contributed by atoms with Gasteiger partial charge in [-0.2, -0.15) is 5.10 Å². The summed E-state index contributed by atoms with van der Waals surface area (Å²) in [5, 5.41) is 7.00. The average molecular weight is 295 g/mol. The van der Waals surface area contributed by atoms with E-state index in [4.69, 9.17) is 0 Å². The molecule has 112 valence electrons. The van der Waals surface area contributed by atoms with E-state index in [1.165, 1.54) is 0 Å². The smallest absolute Gasteiger partial charge is 0.274 e. The number of imidazole rings is 1. The highest BCUT2D eigenvalue weighted by atomic mass is 16.2. The first-order valence-corrected chi connectivity index (χ1v) is 7.46. The Hall–Kier alpha value is -2.63. The molecule has 1 unspecified atom stereocenters. The Labute approximate surface area is 127 Å². The lowest BCUT2D eigenvalue weighted by atomic mass is 10.1. The Morgan fingerprint density at radius 1 is 1.36 bits per heavy atom. The number of nitrogens with zero attached hydrogens (tertiary/aromatic N) is 4. The third-order valence-corrected chi connectivity index (χ3v) is 4.41. The van der Waals surface area contributed by atoms with E-state index >= 15 is 0 Å². The maximum Gasteiger partial charge on any atom is 0.274 e. The lowest BCUT2D eigenvalue weighted by Gasteiger charge is -2.15. The number of aromatic nitrogens is 4. The van der Waals surface area contributed by atoms with Gasteiger partial charge in [-0.3, -0.25) is 9.89 Å². The van der Waals surface area contributed by atoms with Crippen molar-refractivity contribution in [3.05, 3.63) is 53.7 Å². The van der Waals surface area contributed by atoms with Crippen LogP contribution in [-0.2, 0) is 0 Å². The minimum Gasteiger partial charge on any atom is -0.337 e. The molecular weight excluding hydrogens is 278 g/mol. The second-order valence-electron chi connectivity index (χ2n) is 5.72. The van der Waals surface area contributed by atoms with E-state index in [-0.39, 0.29) is 5.91 Å². The normalized spacial score (nSPS) is 18.2. The van der Waals surface area contributed by atoms with E-state index in [0.29, 0.717) is 18.2 Å². The number of fused-ring (bicyclic) bond motifs is 1. The van der Waals surface area contributed by atoms with Gasteiger partial charge in [-0.15, -0.1) is 0 Å². The van der Waals surface area contributed by atoms with E-state index in [9.17, 15) is 4.79 Å². The number of H-pyrrole nitrogens is 1. The van der Waals surface area contributed by atoms with Gasteiger partial charge < -0.3 is 9.30 Å². The third kappa shape index (κ3) is 1.99. The van der Waals surface area contributed by atoms with Crippen LogP contribution in [0.1, 0.15) is 34.2 Å². The summed E-state index contributed by atoms with van der Waals surface area (Å²) in [5.41, 5.74) is 3.36. The summed E-state index contributed by atoms with van der Waals surface area (Å²) in [4.78, 5) is 19.2. The third-order valence-electron chi connectivity index (χ3n) is 4.41. The fourth-order valence-electron chi connectivity index (χ4n) is 3.16. The zero-order valence-electron chi connectivity index (χ0n) is 12.4. The topological polar surface area (TPSA) is 66.3 Å². The molecule has 4 rings (SSSR count). The van der Waals surface area contributed by atoms with Crippen molar-refractivity contribution in [2.24, 2.45) is 0 Å². The average Bonchev–Trinajstić information content (AvgIpc) is 3.26. The molecule has 1 N–H and O–H groups in total. The Balaban J connectivity index is 1.60. The molecule has 3 aromatic rings. The first-order chi connectivity index (χ1) is 10.7. The lowest BCUT2D eigenvalue weighted by Crippen LogP contribution is -2.29. The molecule has 1 fully saturated rings. The van der Waals surface area contributed by atoms with Crippen LogP contribution in [0.15, 0.2) is 36.7 Å². The molecule has 0 aromatic carbocycles. The van der Waals surface area contributed by atoms with E-state index in [0.717, 1.165) is 30.0 Å². The Bertz CT molecular complexity index is 820. The van der Waals surface area contributed by atoms with Crippen LogP contribution < -0.4 is 0 Å². The van der Waals surface area contributed by atoms with Crippen molar-refractivity contribution in [2.75, 3.05) is 13.1 Å². The molecule has 0 radical (unpaired) electrons. The van der Waals surface area contributed by atoms with E-state index in [2.05, 4.69) is 15.2 Å². The standard InChI is InChI=1S/C16H17N5O/c1-11-15(18-14-4-2-3-8-21(11)14)16(22)20-9-6-12(10-20)13-5-7-17-19-13/h2-5,7-8,12H,6,9-10H2,1H3,(H,17,19). The molecule has 3 aromatic heterocycles. The maximum atomic E-state index is 12.8. The number of aromatic amines is 1. The Morgan fingerprint density at radius 3 is 3.05 bits per heavy atom. The van der Waals surface area contributed by atoms with Gasteiger partial charge in [0.1, 0.15) is 11.3 Å². The molecule has 1 atom stereocenters. The van der Waals surface area contributed by atoms with Crippen LogP contribution in [0.5, 0.6) is 0 Å². The summed E-state index contributed by atoms with van der Waals surface area (Å²) in [5.74, 6) is 0.354. The summed E-state index contributed by atoms with van der Waals surface area (Å²) in [6.07, 6.45) is 4.65. The second-order valence-corrected chi connectivity index (χ2v) is 5.72. The van der Waals surface area contributed by atoms with Gasteiger partial charge in [0.2, 0.25) is 0 Å². The summed E-state index contributed by atoms with van der Waals surface area (Å²) in [7, 11) is 0. The number of likely N-dealkylation sites (tertiary alicyclic amines) is 1. The molecule has 0 aliphatic carbocycles. The zero-order valence-corrected chi connectivity index (χ0v) is 12.4. The summed E-state index contributed by atoms with van der Waals surface area (Å²) >= 11 is 0. The van der Waals surface area contributed by atoms with Gasteiger partial charge in [0.15, 0.2) is 0 Å². The van der Waals surface area contributed by atoms with E-state index in [1.807, 2.05) is 46.7 Å². The van der Waals surface area contributed by atoms with Gasteiger partial charge in [0.05, 0.1) is 5.69 Å². The first kappa shape index (κ1) is 13.1. The molecule has 0 spiro atoms. The molecule has 1 amide bonds. The minimum atomic E-state index is 0.0169. The van der Waals surface area contributed by atoms with Gasteiger partial charge in [-0.25, -0.2) is 4.98 Å². The van der Waals surface area contributed by atoms with Crippen molar-refractivity contribution in [3.8, 4) is 0 Å². The van der Waals surface area contributed by atoms with Gasteiger partial charge in [-0.05, 0) is 31.5 Å². The lowest BCUT2D eigenvalue weighted by molar-refractivity contribution is 0.0784. The van der Waals surface area contributed by atoms with Crippen LogP contribution in [0.4, 0.5) is 0 Å². The van der Waals surface area contributed by atoms with Crippen molar-refractivity contribution < 1.29 is 4.79 Å². The van der Waals surface area contributed by atoms with Crippen LogP contribution in [-0.4, -0.2) is 43.5 Å². The van der Waals surface area contributed by atoms with Crippen molar-refractivity contribution in [3.63, 3.8) is 0 Å².